The van der Waals surface area contributed by atoms with Crippen LogP contribution in [0.25, 0.3) is 0 Å². The second kappa shape index (κ2) is 5.12. The van der Waals surface area contributed by atoms with Crippen LogP contribution in [0.15, 0.2) is 40.8 Å². The van der Waals surface area contributed by atoms with Gasteiger partial charge in [-0.05, 0) is 30.9 Å². The van der Waals surface area contributed by atoms with E-state index in [2.05, 4.69) is 11.6 Å². The van der Waals surface area contributed by atoms with Crippen molar-refractivity contribution in [1.82, 2.24) is 5.32 Å². The van der Waals surface area contributed by atoms with E-state index in [-0.39, 0.29) is 0 Å². The molecule has 0 amide bonds. The maximum atomic E-state index is 5.60. The molecular formula is C13H14NOS. The molecule has 1 aromatic heterocycles. The van der Waals surface area contributed by atoms with E-state index in [1.807, 2.05) is 43.3 Å². The van der Waals surface area contributed by atoms with Gasteiger partial charge in [-0.25, -0.2) is 5.32 Å². The minimum Gasteiger partial charge on any atom is -0.443 e. The van der Waals surface area contributed by atoms with Gasteiger partial charge in [0, 0.05) is 6.07 Å². The Morgan fingerprint density at radius 1 is 1.19 bits per heavy atom. The minimum atomic E-state index is 0.679. The predicted molar refractivity (Wildman–Crippen MR) is 68.6 cm³/mol. The molecular weight excluding hydrogens is 218 g/mol. The van der Waals surface area contributed by atoms with Crippen molar-refractivity contribution >= 4 is 23.3 Å². The van der Waals surface area contributed by atoms with Crippen LogP contribution < -0.4 is 5.32 Å². The Morgan fingerprint density at radius 3 is 2.75 bits per heavy atom. The summed E-state index contributed by atoms with van der Waals surface area (Å²) in [5.41, 5.74) is 2.12. The van der Waals surface area contributed by atoms with E-state index >= 15 is 0 Å². The highest BCUT2D eigenvalue weighted by atomic mass is 32.2. The molecule has 83 valence electrons. The molecule has 16 heavy (non-hydrogen) atoms. The molecule has 2 nitrogen and oxygen atoms in total. The lowest BCUT2D eigenvalue weighted by molar-refractivity contribution is 0.525. The van der Waals surface area contributed by atoms with Crippen molar-refractivity contribution in [3.8, 4) is 0 Å². The number of nitrogens with zero attached hydrogens (tertiary/aromatic N) is 1. The van der Waals surface area contributed by atoms with Gasteiger partial charge in [0.2, 0.25) is 5.88 Å². The molecule has 0 N–H and O–H groups in total. The van der Waals surface area contributed by atoms with Crippen molar-refractivity contribution in [1.29, 1.82) is 0 Å². The molecule has 2 rings (SSSR count). The summed E-state index contributed by atoms with van der Waals surface area (Å²) in [7, 11) is 0. The summed E-state index contributed by atoms with van der Waals surface area (Å²) in [5.74, 6) is 2.54. The number of furan rings is 1. The van der Waals surface area contributed by atoms with Crippen LogP contribution in [0.5, 0.6) is 0 Å². The molecule has 0 aliphatic heterocycles. The fourth-order valence-electron chi connectivity index (χ4n) is 1.45. The van der Waals surface area contributed by atoms with Crippen molar-refractivity contribution in [2.45, 2.75) is 12.7 Å². The third kappa shape index (κ3) is 2.61. The Morgan fingerprint density at radius 2 is 2.00 bits per heavy atom. The largest absolute Gasteiger partial charge is 0.443 e. The van der Waals surface area contributed by atoms with Crippen LogP contribution in [0.4, 0.5) is 11.6 Å². The number of para-hydroxylation sites is 1. The first kappa shape index (κ1) is 11.1. The fraction of sp³-hybridized carbons (Fsp3) is 0.231. The lowest BCUT2D eigenvalue weighted by Crippen LogP contribution is -1.89. The van der Waals surface area contributed by atoms with E-state index in [1.165, 1.54) is 0 Å². The van der Waals surface area contributed by atoms with Gasteiger partial charge >= 0.3 is 0 Å². The average Bonchev–Trinajstić information content (AvgIpc) is 2.70. The summed E-state index contributed by atoms with van der Waals surface area (Å²) < 4.78 is 5.60. The number of benzene rings is 1. The second-order valence-corrected chi connectivity index (χ2v) is 4.44. The van der Waals surface area contributed by atoms with E-state index in [0.29, 0.717) is 5.88 Å². The van der Waals surface area contributed by atoms with Crippen molar-refractivity contribution in [3.05, 3.63) is 47.7 Å². The van der Waals surface area contributed by atoms with Gasteiger partial charge in [0.15, 0.2) is 0 Å². The van der Waals surface area contributed by atoms with Crippen LogP contribution in [0, 0.1) is 6.92 Å². The Hall–Kier alpha value is -1.35. The standard InChI is InChI=1S/C13H14NOS/c1-10-5-3-4-6-12(10)14-13-8-7-11(15-13)9-16-2/h3-8H,9H2,1-2H3. The van der Waals surface area contributed by atoms with Crippen LogP contribution >= 0.6 is 11.8 Å². The van der Waals surface area contributed by atoms with Crippen LogP contribution in [0.1, 0.15) is 11.3 Å². The minimum absolute atomic E-state index is 0.679. The van der Waals surface area contributed by atoms with Gasteiger partial charge in [-0.1, -0.05) is 18.2 Å². The number of hydrogen-bond acceptors (Lipinski definition) is 2. The lowest BCUT2D eigenvalue weighted by atomic mass is 10.2. The quantitative estimate of drug-likeness (QED) is 0.796. The van der Waals surface area contributed by atoms with Crippen molar-refractivity contribution in [2.75, 3.05) is 6.26 Å². The van der Waals surface area contributed by atoms with Gasteiger partial charge in [-0.2, -0.15) is 11.8 Å². The molecule has 1 radical (unpaired) electrons. The first-order chi connectivity index (χ1) is 7.79. The SMILES string of the molecule is CSCc1ccc([N]c2ccccc2C)o1. The molecule has 0 atom stereocenters. The van der Waals surface area contributed by atoms with Crippen LogP contribution in [0.3, 0.4) is 0 Å². The van der Waals surface area contributed by atoms with Gasteiger partial charge in [0.05, 0.1) is 11.4 Å². The first-order valence-electron chi connectivity index (χ1n) is 5.14. The van der Waals surface area contributed by atoms with Gasteiger partial charge in [-0.15, -0.1) is 0 Å². The molecule has 3 heteroatoms. The Labute approximate surface area is 100 Å². The van der Waals surface area contributed by atoms with E-state index in [1.54, 1.807) is 11.8 Å². The Balaban J connectivity index is 2.11. The molecule has 0 bridgehead atoms. The van der Waals surface area contributed by atoms with E-state index in [0.717, 1.165) is 22.8 Å². The summed E-state index contributed by atoms with van der Waals surface area (Å²) in [4.78, 5) is 0. The Bertz CT molecular complexity index is 464. The molecule has 0 aliphatic rings. The number of rotatable bonds is 4. The summed E-state index contributed by atoms with van der Waals surface area (Å²) in [6.45, 7) is 2.05. The maximum Gasteiger partial charge on any atom is 0.219 e. The number of aryl methyl sites for hydroxylation is 1. The topological polar surface area (TPSA) is 27.2 Å². The summed E-state index contributed by atoms with van der Waals surface area (Å²) in [5, 5.41) is 4.47. The smallest absolute Gasteiger partial charge is 0.219 e. The molecule has 0 saturated heterocycles. The van der Waals surface area contributed by atoms with Gasteiger partial charge in [0.1, 0.15) is 5.76 Å². The van der Waals surface area contributed by atoms with Crippen molar-refractivity contribution < 1.29 is 4.42 Å². The molecule has 0 saturated carbocycles. The van der Waals surface area contributed by atoms with Gasteiger partial charge < -0.3 is 4.42 Å². The van der Waals surface area contributed by atoms with Crippen molar-refractivity contribution in [2.24, 2.45) is 0 Å². The predicted octanol–water partition coefficient (Wildman–Crippen LogP) is 4.02. The molecule has 0 spiro atoms. The van der Waals surface area contributed by atoms with Crippen molar-refractivity contribution in [3.63, 3.8) is 0 Å². The number of hydrogen-bond donors (Lipinski definition) is 0. The van der Waals surface area contributed by atoms with E-state index < -0.39 is 0 Å². The summed E-state index contributed by atoms with van der Waals surface area (Å²) in [6.07, 6.45) is 2.06. The Kier molecular flexibility index (Phi) is 3.57. The first-order valence-corrected chi connectivity index (χ1v) is 6.54. The normalized spacial score (nSPS) is 10.4. The maximum absolute atomic E-state index is 5.60. The summed E-state index contributed by atoms with van der Waals surface area (Å²) in [6, 6.07) is 11.9. The van der Waals surface area contributed by atoms with Crippen LogP contribution in [-0.4, -0.2) is 6.26 Å². The monoisotopic (exact) mass is 232 g/mol. The zero-order valence-electron chi connectivity index (χ0n) is 9.43. The number of thioether (sulfide) groups is 1. The van der Waals surface area contributed by atoms with Crippen LogP contribution in [-0.2, 0) is 5.75 Å². The van der Waals surface area contributed by atoms with E-state index in [9.17, 15) is 0 Å². The highest BCUT2D eigenvalue weighted by Gasteiger charge is 2.05. The van der Waals surface area contributed by atoms with Crippen LogP contribution in [0.2, 0.25) is 0 Å². The third-order valence-corrected chi connectivity index (χ3v) is 2.85. The zero-order chi connectivity index (χ0) is 11.4. The average molecular weight is 232 g/mol. The molecule has 0 aliphatic carbocycles. The highest BCUT2D eigenvalue weighted by Crippen LogP contribution is 2.23. The second-order valence-electron chi connectivity index (χ2n) is 3.57. The summed E-state index contributed by atoms with van der Waals surface area (Å²) >= 11 is 1.74. The van der Waals surface area contributed by atoms with E-state index in [4.69, 9.17) is 4.42 Å². The lowest BCUT2D eigenvalue weighted by Gasteiger charge is -2.02. The zero-order valence-corrected chi connectivity index (χ0v) is 10.3. The molecule has 1 heterocycles. The fourth-order valence-corrected chi connectivity index (χ4v) is 1.89. The molecule has 0 fully saturated rings. The van der Waals surface area contributed by atoms with Gasteiger partial charge in [0.25, 0.3) is 0 Å². The molecule has 1 aromatic carbocycles. The highest BCUT2D eigenvalue weighted by molar-refractivity contribution is 7.97. The van der Waals surface area contributed by atoms with Gasteiger partial charge in [-0.3, -0.25) is 0 Å². The molecule has 2 aromatic rings. The molecule has 0 unspecified atom stereocenters. The third-order valence-electron chi connectivity index (χ3n) is 2.28.